The molecule has 14 nitrogen and oxygen atoms in total. The monoisotopic (exact) mass is 470 g/mol. The van der Waals surface area contributed by atoms with E-state index in [2.05, 4.69) is 0 Å². The fourth-order valence-corrected chi connectivity index (χ4v) is 3.70. The fraction of sp³-hybridized carbons (Fsp3) is 0.889. The number of hydrogen-bond acceptors (Lipinski definition) is 14. The number of rotatable bonds is 9. The van der Waals surface area contributed by atoms with E-state index >= 15 is 0 Å². The van der Waals surface area contributed by atoms with Crippen LogP contribution in [0.15, 0.2) is 0 Å². The molecular weight excluding hydrogens is 440 g/mol. The number of ether oxygens (including phenoxy) is 2. The molecule has 2 fully saturated rings. The molecule has 0 bridgehead atoms. The van der Waals surface area contributed by atoms with Gasteiger partial charge in [0.15, 0.2) is 11.6 Å². The number of carbonyl (C=O) groups is 2. The topological polar surface area (TPSA) is 255 Å². The summed E-state index contributed by atoms with van der Waals surface area (Å²) in [6.07, 6.45) is -16.1. The van der Waals surface area contributed by atoms with Gasteiger partial charge in [-0.3, -0.25) is 9.59 Å². The average molecular weight is 470 g/mol. The first kappa shape index (κ1) is 27.1. The zero-order valence-electron chi connectivity index (χ0n) is 17.0. The first-order valence-electron chi connectivity index (χ1n) is 10.0. The molecule has 2 rings (SSSR count). The summed E-state index contributed by atoms with van der Waals surface area (Å²) in [7, 11) is 0. The SMILES string of the molecule is O=C(CCCCC(=O)C1(O)O[C@H](CO)[C@@H](O)[C@H](O)[C@H]1O)C1(O)O[C@H](CO)[C@@H](O)[C@H](O)[C@H]1O. The second kappa shape index (κ2) is 10.4. The van der Waals surface area contributed by atoms with Gasteiger partial charge in [-0.25, -0.2) is 0 Å². The predicted octanol–water partition coefficient (Wildman–Crippen LogP) is -5.99. The first-order valence-corrected chi connectivity index (χ1v) is 10.0. The van der Waals surface area contributed by atoms with Gasteiger partial charge in [-0.15, -0.1) is 0 Å². The lowest BCUT2D eigenvalue weighted by Crippen LogP contribution is -2.68. The Morgan fingerprint density at radius 3 is 1.22 bits per heavy atom. The predicted molar refractivity (Wildman–Crippen MR) is 98.3 cm³/mol. The molecule has 10 N–H and O–H groups in total. The van der Waals surface area contributed by atoms with Crippen molar-refractivity contribution >= 4 is 11.6 Å². The minimum absolute atomic E-state index is 0.105. The van der Waals surface area contributed by atoms with Crippen molar-refractivity contribution in [3.05, 3.63) is 0 Å². The molecule has 0 amide bonds. The third kappa shape index (κ3) is 4.86. The maximum absolute atomic E-state index is 12.4. The molecule has 0 aromatic carbocycles. The molecule has 2 unspecified atom stereocenters. The van der Waals surface area contributed by atoms with Crippen LogP contribution in [0.2, 0.25) is 0 Å². The number of aliphatic hydroxyl groups is 10. The summed E-state index contributed by atoms with van der Waals surface area (Å²) in [5, 5.41) is 97.8. The summed E-state index contributed by atoms with van der Waals surface area (Å²) in [4.78, 5) is 24.7. The van der Waals surface area contributed by atoms with E-state index in [0.717, 1.165) is 0 Å². The van der Waals surface area contributed by atoms with Crippen LogP contribution in [-0.4, -0.2) is 136 Å². The number of unbranched alkanes of at least 4 members (excludes halogenated alkanes) is 1. The molecule has 0 spiro atoms. The molecule has 2 heterocycles. The maximum Gasteiger partial charge on any atom is 0.256 e. The molecule has 2 saturated heterocycles. The highest BCUT2D eigenvalue weighted by atomic mass is 16.7. The summed E-state index contributed by atoms with van der Waals surface area (Å²) in [6, 6.07) is 0. The van der Waals surface area contributed by atoms with Crippen LogP contribution < -0.4 is 0 Å². The standard InChI is InChI=1S/C18H30O14/c19-5-7-11(23)13(25)15(27)17(29,31-7)9(21)3-1-2-4-10(22)18(30)16(28)14(26)12(24)8(6-20)32-18/h7-8,11-16,19-20,23-30H,1-6H2/t7-,8-,11-,12-,13+,14+,15-,16-,17?,18?/m1/s1. The van der Waals surface area contributed by atoms with E-state index in [9.17, 15) is 50.4 Å². The Balaban J connectivity index is 1.93. The van der Waals surface area contributed by atoms with Gasteiger partial charge in [0.05, 0.1) is 13.2 Å². The summed E-state index contributed by atoms with van der Waals surface area (Å²) in [5.41, 5.74) is 0. The summed E-state index contributed by atoms with van der Waals surface area (Å²) >= 11 is 0. The van der Waals surface area contributed by atoms with Crippen LogP contribution in [0, 0.1) is 0 Å². The van der Waals surface area contributed by atoms with Gasteiger partial charge in [-0.2, -0.15) is 0 Å². The normalized spacial score (nSPS) is 44.9. The van der Waals surface area contributed by atoms with Crippen molar-refractivity contribution in [1.29, 1.82) is 0 Å². The molecule has 0 aromatic rings. The highest BCUT2D eigenvalue weighted by Gasteiger charge is 2.57. The van der Waals surface area contributed by atoms with E-state index in [4.69, 9.17) is 19.7 Å². The van der Waals surface area contributed by atoms with Gasteiger partial charge >= 0.3 is 0 Å². The highest BCUT2D eigenvalue weighted by Crippen LogP contribution is 2.32. The Morgan fingerprint density at radius 1 is 0.625 bits per heavy atom. The number of Topliss-reactive ketones (excluding diaryl/α,β-unsaturated/α-hetero) is 2. The van der Waals surface area contributed by atoms with Gasteiger partial charge in [0.25, 0.3) is 11.6 Å². The van der Waals surface area contributed by atoms with Gasteiger partial charge in [-0.05, 0) is 12.8 Å². The van der Waals surface area contributed by atoms with Crippen molar-refractivity contribution < 1.29 is 70.1 Å². The second-order valence-corrected chi connectivity index (χ2v) is 7.98. The van der Waals surface area contributed by atoms with Crippen molar-refractivity contribution in [2.45, 2.75) is 86.1 Å². The van der Waals surface area contributed by atoms with Gasteiger partial charge < -0.3 is 60.5 Å². The van der Waals surface area contributed by atoms with Gasteiger partial charge in [-0.1, -0.05) is 0 Å². The van der Waals surface area contributed by atoms with E-state index in [1.165, 1.54) is 0 Å². The van der Waals surface area contributed by atoms with Gasteiger partial charge in [0.1, 0.15) is 48.8 Å². The second-order valence-electron chi connectivity index (χ2n) is 7.98. The maximum atomic E-state index is 12.4. The number of ketones is 2. The molecular formula is C18H30O14. The molecule has 10 atom stereocenters. The Morgan fingerprint density at radius 2 is 0.938 bits per heavy atom. The Hall–Kier alpha value is -1.14. The molecule has 0 saturated carbocycles. The van der Waals surface area contributed by atoms with Gasteiger partial charge in [0, 0.05) is 12.8 Å². The average Bonchev–Trinajstić information content (AvgIpc) is 2.78. The van der Waals surface area contributed by atoms with Crippen LogP contribution in [0.5, 0.6) is 0 Å². The number of carbonyl (C=O) groups excluding carboxylic acids is 2. The zero-order valence-corrected chi connectivity index (χ0v) is 17.0. The minimum atomic E-state index is -2.91. The lowest BCUT2D eigenvalue weighted by atomic mass is 9.87. The summed E-state index contributed by atoms with van der Waals surface area (Å²) in [5.74, 6) is -8.03. The molecule has 186 valence electrons. The Labute approximate surface area is 181 Å². The molecule has 0 aliphatic carbocycles. The molecule has 0 radical (unpaired) electrons. The van der Waals surface area contributed by atoms with Crippen molar-refractivity contribution in [2.75, 3.05) is 13.2 Å². The Bertz CT molecular complexity index is 614. The highest BCUT2D eigenvalue weighted by molar-refractivity contribution is 5.87. The van der Waals surface area contributed by atoms with Gasteiger partial charge in [0.2, 0.25) is 0 Å². The lowest BCUT2D eigenvalue weighted by Gasteiger charge is -2.44. The summed E-state index contributed by atoms with van der Waals surface area (Å²) in [6.45, 7) is -1.71. The number of hydrogen-bond donors (Lipinski definition) is 10. The van der Waals surface area contributed by atoms with Crippen LogP contribution in [-0.2, 0) is 19.1 Å². The number of aliphatic hydroxyl groups excluding tert-OH is 8. The molecule has 0 aromatic heterocycles. The van der Waals surface area contributed by atoms with E-state index < -0.39 is 98.0 Å². The van der Waals surface area contributed by atoms with E-state index in [-0.39, 0.29) is 12.8 Å². The van der Waals surface area contributed by atoms with Crippen molar-refractivity contribution in [3.8, 4) is 0 Å². The fourth-order valence-electron chi connectivity index (χ4n) is 3.70. The van der Waals surface area contributed by atoms with Crippen molar-refractivity contribution in [1.82, 2.24) is 0 Å². The molecule has 2 aliphatic heterocycles. The molecule has 2 aliphatic rings. The van der Waals surface area contributed by atoms with Crippen LogP contribution in [0.25, 0.3) is 0 Å². The van der Waals surface area contributed by atoms with Crippen molar-refractivity contribution in [3.63, 3.8) is 0 Å². The quantitative estimate of drug-likeness (QED) is 0.141. The Kier molecular flexibility index (Phi) is 8.82. The first-order chi connectivity index (χ1) is 14.8. The summed E-state index contributed by atoms with van der Waals surface area (Å²) < 4.78 is 9.78. The van der Waals surface area contributed by atoms with E-state index in [1.807, 2.05) is 0 Å². The van der Waals surface area contributed by atoms with Crippen LogP contribution >= 0.6 is 0 Å². The van der Waals surface area contributed by atoms with E-state index in [1.54, 1.807) is 0 Å². The van der Waals surface area contributed by atoms with Crippen LogP contribution in [0.1, 0.15) is 25.7 Å². The molecule has 14 heteroatoms. The third-order valence-corrected chi connectivity index (χ3v) is 5.79. The minimum Gasteiger partial charge on any atom is -0.394 e. The zero-order chi connectivity index (χ0) is 24.4. The van der Waals surface area contributed by atoms with Crippen molar-refractivity contribution in [2.24, 2.45) is 0 Å². The lowest BCUT2D eigenvalue weighted by molar-refractivity contribution is -0.331. The third-order valence-electron chi connectivity index (χ3n) is 5.79. The molecule has 32 heavy (non-hydrogen) atoms. The van der Waals surface area contributed by atoms with Crippen LogP contribution in [0.3, 0.4) is 0 Å². The van der Waals surface area contributed by atoms with Crippen LogP contribution in [0.4, 0.5) is 0 Å². The smallest absolute Gasteiger partial charge is 0.256 e. The van der Waals surface area contributed by atoms with E-state index in [0.29, 0.717) is 0 Å². The largest absolute Gasteiger partial charge is 0.394 e.